The van der Waals surface area contributed by atoms with Crippen molar-refractivity contribution in [2.24, 2.45) is 0 Å². The van der Waals surface area contributed by atoms with Gasteiger partial charge in [-0.2, -0.15) is 0 Å². The van der Waals surface area contributed by atoms with Crippen molar-refractivity contribution in [3.8, 4) is 0 Å². The molecule has 0 spiro atoms. The lowest BCUT2D eigenvalue weighted by Gasteiger charge is -2.31. The highest BCUT2D eigenvalue weighted by atomic mass is 19.1. The summed E-state index contributed by atoms with van der Waals surface area (Å²) in [4.78, 5) is 32.3. The monoisotopic (exact) mass is 433 g/mol. The highest BCUT2D eigenvalue weighted by molar-refractivity contribution is 5.88. The van der Waals surface area contributed by atoms with Crippen LogP contribution in [0.3, 0.4) is 0 Å². The number of hydrogen-bond acceptors (Lipinski definition) is 3. The topological polar surface area (TPSA) is 62.3 Å². The first-order valence-corrected chi connectivity index (χ1v) is 10.8. The molecule has 3 aromatic rings. The van der Waals surface area contributed by atoms with Crippen molar-refractivity contribution in [2.45, 2.75) is 45.3 Å². The van der Waals surface area contributed by atoms with Crippen LogP contribution in [0.5, 0.6) is 0 Å². The van der Waals surface area contributed by atoms with Crippen molar-refractivity contribution in [1.82, 2.24) is 15.2 Å². The number of rotatable bonds is 10. The summed E-state index contributed by atoms with van der Waals surface area (Å²) in [6.45, 7) is 2.44. The maximum absolute atomic E-state index is 13.4. The van der Waals surface area contributed by atoms with Gasteiger partial charge in [0.2, 0.25) is 11.8 Å². The van der Waals surface area contributed by atoms with E-state index in [0.717, 1.165) is 16.8 Å². The summed E-state index contributed by atoms with van der Waals surface area (Å²) >= 11 is 0. The molecule has 1 atom stereocenters. The van der Waals surface area contributed by atoms with Gasteiger partial charge >= 0.3 is 0 Å². The third-order valence-electron chi connectivity index (χ3n) is 5.17. The Morgan fingerprint density at radius 3 is 2.34 bits per heavy atom. The fourth-order valence-electron chi connectivity index (χ4n) is 3.50. The molecule has 32 heavy (non-hydrogen) atoms. The van der Waals surface area contributed by atoms with E-state index in [2.05, 4.69) is 10.3 Å². The molecule has 0 aliphatic carbocycles. The molecule has 0 saturated carbocycles. The normalized spacial score (nSPS) is 11.6. The summed E-state index contributed by atoms with van der Waals surface area (Å²) in [5.74, 6) is -0.689. The summed E-state index contributed by atoms with van der Waals surface area (Å²) < 4.78 is 13.4. The van der Waals surface area contributed by atoms with Crippen LogP contribution in [-0.4, -0.2) is 27.7 Å². The second kappa shape index (κ2) is 11.7. The number of carbonyl (C=O) groups is 2. The van der Waals surface area contributed by atoms with E-state index in [0.29, 0.717) is 19.3 Å². The lowest BCUT2D eigenvalue weighted by Crippen LogP contribution is -2.50. The Morgan fingerprint density at radius 2 is 1.69 bits per heavy atom. The van der Waals surface area contributed by atoms with Crippen LogP contribution >= 0.6 is 0 Å². The van der Waals surface area contributed by atoms with Gasteiger partial charge in [-0.05, 0) is 41.8 Å². The Kier molecular flexibility index (Phi) is 8.49. The molecule has 0 radical (unpaired) electrons. The van der Waals surface area contributed by atoms with Crippen LogP contribution in [-0.2, 0) is 29.1 Å². The Bertz CT molecular complexity index is 995. The highest BCUT2D eigenvalue weighted by Gasteiger charge is 2.29. The maximum atomic E-state index is 13.4. The van der Waals surface area contributed by atoms with E-state index in [9.17, 15) is 14.0 Å². The molecule has 1 aromatic heterocycles. The lowest BCUT2D eigenvalue weighted by atomic mass is 10.0. The van der Waals surface area contributed by atoms with Crippen molar-refractivity contribution in [1.29, 1.82) is 0 Å². The number of hydrogen-bond donors (Lipinski definition) is 1. The zero-order valence-electron chi connectivity index (χ0n) is 18.2. The van der Waals surface area contributed by atoms with E-state index >= 15 is 0 Å². The predicted molar refractivity (Wildman–Crippen MR) is 122 cm³/mol. The smallest absolute Gasteiger partial charge is 0.243 e. The van der Waals surface area contributed by atoms with Crippen molar-refractivity contribution >= 4 is 11.8 Å². The molecular formula is C26H28FN3O2. The van der Waals surface area contributed by atoms with Crippen molar-refractivity contribution in [3.05, 3.63) is 102 Å². The molecule has 0 aliphatic rings. The predicted octanol–water partition coefficient (Wildman–Crippen LogP) is 4.28. The van der Waals surface area contributed by atoms with Gasteiger partial charge in [-0.25, -0.2) is 4.39 Å². The summed E-state index contributed by atoms with van der Waals surface area (Å²) in [6.07, 6.45) is 3.06. The van der Waals surface area contributed by atoms with E-state index in [1.807, 2.05) is 55.5 Å². The van der Waals surface area contributed by atoms with Gasteiger partial charge < -0.3 is 10.2 Å². The number of benzene rings is 2. The number of pyridine rings is 1. The summed E-state index contributed by atoms with van der Waals surface area (Å²) in [5.41, 5.74) is 2.47. The second-order valence-electron chi connectivity index (χ2n) is 7.64. The molecule has 3 rings (SSSR count). The van der Waals surface area contributed by atoms with E-state index in [1.54, 1.807) is 23.2 Å². The molecule has 6 heteroatoms. The average molecular weight is 434 g/mol. The molecule has 5 nitrogen and oxygen atoms in total. The van der Waals surface area contributed by atoms with Crippen LogP contribution in [0.1, 0.15) is 36.6 Å². The van der Waals surface area contributed by atoms with Gasteiger partial charge in [-0.1, -0.05) is 55.5 Å². The van der Waals surface area contributed by atoms with Gasteiger partial charge in [-0.3, -0.25) is 14.6 Å². The minimum absolute atomic E-state index is 0.106. The molecule has 2 aromatic carbocycles. The molecule has 1 heterocycles. The molecular weight excluding hydrogens is 405 g/mol. The van der Waals surface area contributed by atoms with E-state index in [-0.39, 0.29) is 30.7 Å². The van der Waals surface area contributed by atoms with Gasteiger partial charge in [0, 0.05) is 25.6 Å². The SMILES string of the molecule is CCCC(=O)N(Cc1ccc(F)cc1)[C@@H](Cc1ccccc1)C(=O)NCc1ccccn1. The van der Waals surface area contributed by atoms with Crippen molar-refractivity contribution in [3.63, 3.8) is 0 Å². The number of amides is 2. The van der Waals surface area contributed by atoms with Gasteiger partial charge in [0.05, 0.1) is 12.2 Å². The molecule has 166 valence electrons. The zero-order chi connectivity index (χ0) is 22.8. The average Bonchev–Trinajstić information content (AvgIpc) is 2.82. The number of nitrogens with one attached hydrogen (secondary N) is 1. The lowest BCUT2D eigenvalue weighted by molar-refractivity contribution is -0.141. The molecule has 0 unspecified atom stereocenters. The Labute approximate surface area is 188 Å². The van der Waals surface area contributed by atoms with E-state index in [4.69, 9.17) is 0 Å². The molecule has 2 amide bonds. The summed E-state index contributed by atoms with van der Waals surface area (Å²) in [6, 6.07) is 20.5. The first-order valence-electron chi connectivity index (χ1n) is 10.8. The van der Waals surface area contributed by atoms with Gasteiger partial charge in [-0.15, -0.1) is 0 Å². The third-order valence-corrected chi connectivity index (χ3v) is 5.17. The van der Waals surface area contributed by atoms with Crippen molar-refractivity contribution < 1.29 is 14.0 Å². The Balaban J connectivity index is 1.87. The quantitative estimate of drug-likeness (QED) is 0.519. The number of nitrogens with zero attached hydrogens (tertiary/aromatic N) is 2. The number of halogens is 1. The van der Waals surface area contributed by atoms with Gasteiger partial charge in [0.15, 0.2) is 0 Å². The highest BCUT2D eigenvalue weighted by Crippen LogP contribution is 2.17. The molecule has 0 bridgehead atoms. The first kappa shape index (κ1) is 23.1. The van der Waals surface area contributed by atoms with E-state index < -0.39 is 6.04 Å². The van der Waals surface area contributed by atoms with E-state index in [1.165, 1.54) is 12.1 Å². The standard InChI is InChI=1S/C26H28FN3O2/c1-2-8-25(31)30(19-21-12-14-22(27)15-13-21)24(17-20-9-4-3-5-10-20)26(32)29-18-23-11-6-7-16-28-23/h3-7,9-16,24H,2,8,17-19H2,1H3,(H,29,32)/t24-/m0/s1. The fraction of sp³-hybridized carbons (Fsp3) is 0.269. The van der Waals surface area contributed by atoms with Crippen molar-refractivity contribution in [2.75, 3.05) is 0 Å². The fourth-order valence-corrected chi connectivity index (χ4v) is 3.50. The molecule has 1 N–H and O–H groups in total. The van der Waals surface area contributed by atoms with Crippen LogP contribution in [0.4, 0.5) is 4.39 Å². The Hall–Kier alpha value is -3.54. The zero-order valence-corrected chi connectivity index (χ0v) is 18.2. The Morgan fingerprint density at radius 1 is 0.969 bits per heavy atom. The minimum atomic E-state index is -0.704. The number of carbonyl (C=O) groups excluding carboxylic acids is 2. The maximum Gasteiger partial charge on any atom is 0.243 e. The molecule has 0 saturated heterocycles. The first-order chi connectivity index (χ1) is 15.6. The van der Waals surface area contributed by atoms with Gasteiger partial charge in [0.1, 0.15) is 11.9 Å². The van der Waals surface area contributed by atoms with Crippen LogP contribution in [0.15, 0.2) is 79.0 Å². The second-order valence-corrected chi connectivity index (χ2v) is 7.64. The van der Waals surface area contributed by atoms with Crippen LogP contribution in [0.2, 0.25) is 0 Å². The summed E-state index contributed by atoms with van der Waals surface area (Å²) in [5, 5.41) is 2.94. The minimum Gasteiger partial charge on any atom is -0.349 e. The summed E-state index contributed by atoms with van der Waals surface area (Å²) in [7, 11) is 0. The molecule has 0 fully saturated rings. The van der Waals surface area contributed by atoms with Gasteiger partial charge in [0.25, 0.3) is 0 Å². The van der Waals surface area contributed by atoms with Crippen LogP contribution < -0.4 is 5.32 Å². The number of aromatic nitrogens is 1. The van der Waals surface area contributed by atoms with Crippen LogP contribution in [0.25, 0.3) is 0 Å². The third kappa shape index (κ3) is 6.74. The largest absolute Gasteiger partial charge is 0.349 e. The van der Waals surface area contributed by atoms with Crippen LogP contribution in [0, 0.1) is 5.82 Å². The molecule has 0 aliphatic heterocycles.